The SMILES string of the molecule is C=CCNC(=S)Nc1nc(OC)cc(N2CCN(c3ccccc3)CC2)n1. The molecular weight excluding hydrogens is 360 g/mol. The summed E-state index contributed by atoms with van der Waals surface area (Å²) >= 11 is 5.24. The van der Waals surface area contributed by atoms with Crippen LogP contribution in [0.15, 0.2) is 49.1 Å². The average molecular weight is 385 g/mol. The molecule has 0 unspecified atom stereocenters. The van der Waals surface area contributed by atoms with E-state index in [4.69, 9.17) is 17.0 Å². The van der Waals surface area contributed by atoms with Gasteiger partial charge in [0.05, 0.1) is 7.11 Å². The molecule has 1 aliphatic rings. The van der Waals surface area contributed by atoms with Crippen molar-refractivity contribution in [3.05, 3.63) is 49.1 Å². The number of nitrogens with one attached hydrogen (secondary N) is 2. The largest absolute Gasteiger partial charge is 0.481 e. The molecule has 0 saturated carbocycles. The van der Waals surface area contributed by atoms with Gasteiger partial charge in [-0.15, -0.1) is 6.58 Å². The first-order valence-corrected chi connectivity index (χ1v) is 9.24. The number of piperazine rings is 1. The van der Waals surface area contributed by atoms with Gasteiger partial charge < -0.3 is 25.2 Å². The number of methoxy groups -OCH3 is 1. The van der Waals surface area contributed by atoms with Gasteiger partial charge in [0, 0.05) is 44.5 Å². The normalized spacial score (nSPS) is 13.8. The molecule has 0 amide bonds. The summed E-state index contributed by atoms with van der Waals surface area (Å²) in [4.78, 5) is 13.5. The van der Waals surface area contributed by atoms with Crippen LogP contribution < -0.4 is 25.2 Å². The molecule has 0 atom stereocenters. The topological polar surface area (TPSA) is 65.6 Å². The second-order valence-corrected chi connectivity index (χ2v) is 6.43. The van der Waals surface area contributed by atoms with Gasteiger partial charge in [-0.3, -0.25) is 0 Å². The summed E-state index contributed by atoms with van der Waals surface area (Å²) in [6.45, 7) is 7.83. The fraction of sp³-hybridized carbons (Fsp3) is 0.316. The monoisotopic (exact) mass is 384 g/mol. The van der Waals surface area contributed by atoms with Crippen LogP contribution in [-0.2, 0) is 0 Å². The summed E-state index contributed by atoms with van der Waals surface area (Å²) in [7, 11) is 1.59. The quantitative estimate of drug-likeness (QED) is 0.581. The molecule has 2 heterocycles. The number of para-hydroxylation sites is 1. The highest BCUT2D eigenvalue weighted by Crippen LogP contribution is 2.23. The van der Waals surface area contributed by atoms with Crippen LogP contribution >= 0.6 is 12.2 Å². The molecule has 1 aromatic heterocycles. The Morgan fingerprint density at radius 1 is 1.19 bits per heavy atom. The van der Waals surface area contributed by atoms with E-state index in [1.165, 1.54) is 5.69 Å². The van der Waals surface area contributed by atoms with Crippen LogP contribution in [0.4, 0.5) is 17.5 Å². The van der Waals surface area contributed by atoms with E-state index in [0.29, 0.717) is 23.5 Å². The van der Waals surface area contributed by atoms with E-state index in [2.05, 4.69) is 61.2 Å². The van der Waals surface area contributed by atoms with Gasteiger partial charge in [0.15, 0.2) is 5.11 Å². The number of hydrogen-bond acceptors (Lipinski definition) is 6. The fourth-order valence-corrected chi connectivity index (χ4v) is 3.05. The lowest BCUT2D eigenvalue weighted by Crippen LogP contribution is -2.46. The Bertz CT molecular complexity index is 777. The Morgan fingerprint density at radius 3 is 2.56 bits per heavy atom. The van der Waals surface area contributed by atoms with Gasteiger partial charge >= 0.3 is 0 Å². The molecule has 0 aliphatic carbocycles. The molecule has 0 radical (unpaired) electrons. The predicted octanol–water partition coefficient (Wildman–Crippen LogP) is 2.28. The Kier molecular flexibility index (Phi) is 6.43. The molecule has 1 aliphatic heterocycles. The molecule has 8 heteroatoms. The van der Waals surface area contributed by atoms with E-state index in [0.717, 1.165) is 32.0 Å². The summed E-state index contributed by atoms with van der Waals surface area (Å²) in [6, 6.07) is 12.3. The molecule has 1 fully saturated rings. The van der Waals surface area contributed by atoms with Crippen molar-refractivity contribution in [2.45, 2.75) is 0 Å². The molecule has 1 aromatic carbocycles. The van der Waals surface area contributed by atoms with Gasteiger partial charge in [-0.1, -0.05) is 24.3 Å². The highest BCUT2D eigenvalue weighted by Gasteiger charge is 2.20. The maximum absolute atomic E-state index is 5.33. The second kappa shape index (κ2) is 9.18. The molecule has 27 heavy (non-hydrogen) atoms. The summed E-state index contributed by atoms with van der Waals surface area (Å²) in [5, 5.41) is 6.45. The van der Waals surface area contributed by atoms with Crippen molar-refractivity contribution in [3.63, 3.8) is 0 Å². The molecule has 3 rings (SSSR count). The van der Waals surface area contributed by atoms with Crippen LogP contribution in [0.25, 0.3) is 0 Å². The van der Waals surface area contributed by atoms with Crippen LogP contribution in [0.1, 0.15) is 0 Å². The minimum atomic E-state index is 0.413. The summed E-state index contributed by atoms with van der Waals surface area (Å²) in [6.07, 6.45) is 1.73. The van der Waals surface area contributed by atoms with Crippen LogP contribution in [0.2, 0.25) is 0 Å². The molecule has 2 aromatic rings. The molecule has 0 spiro atoms. The van der Waals surface area contributed by atoms with E-state index in [9.17, 15) is 0 Å². The third-order valence-electron chi connectivity index (χ3n) is 4.26. The Hall–Kier alpha value is -2.87. The second-order valence-electron chi connectivity index (χ2n) is 6.03. The van der Waals surface area contributed by atoms with Gasteiger partial charge in [0.25, 0.3) is 0 Å². The van der Waals surface area contributed by atoms with Gasteiger partial charge in [-0.05, 0) is 24.4 Å². The standard InChI is InChI=1S/C19H24N6OS/c1-3-9-20-19(27)23-18-21-16(14-17(22-18)26-2)25-12-10-24(11-13-25)15-7-5-4-6-8-15/h3-8,14H,1,9-13H2,2H3,(H2,20,21,22,23,27). The number of nitrogens with zero attached hydrogens (tertiary/aromatic N) is 4. The number of hydrogen-bond donors (Lipinski definition) is 2. The molecule has 7 nitrogen and oxygen atoms in total. The van der Waals surface area contributed by atoms with Crippen molar-refractivity contribution in [3.8, 4) is 5.88 Å². The maximum atomic E-state index is 5.33. The first kappa shape index (κ1) is 18.9. The number of thiocarbonyl (C=S) groups is 1. The van der Waals surface area contributed by atoms with Gasteiger partial charge in [0.1, 0.15) is 5.82 Å². The van der Waals surface area contributed by atoms with Gasteiger partial charge in [0.2, 0.25) is 11.8 Å². The van der Waals surface area contributed by atoms with Crippen LogP contribution in [0.3, 0.4) is 0 Å². The Balaban J connectivity index is 1.68. The van der Waals surface area contributed by atoms with Crippen molar-refractivity contribution >= 4 is 34.8 Å². The zero-order chi connectivity index (χ0) is 19.1. The Labute approximate surface area is 165 Å². The highest BCUT2D eigenvalue weighted by atomic mass is 32.1. The van der Waals surface area contributed by atoms with Gasteiger partial charge in [-0.2, -0.15) is 9.97 Å². The summed E-state index contributed by atoms with van der Waals surface area (Å²) < 4.78 is 5.33. The van der Waals surface area contributed by atoms with Crippen molar-refractivity contribution in [2.75, 3.05) is 55.0 Å². The third kappa shape index (κ3) is 5.07. The van der Waals surface area contributed by atoms with E-state index >= 15 is 0 Å². The summed E-state index contributed by atoms with van der Waals surface area (Å²) in [5.41, 5.74) is 1.25. The highest BCUT2D eigenvalue weighted by molar-refractivity contribution is 7.80. The zero-order valence-electron chi connectivity index (χ0n) is 15.4. The fourth-order valence-electron chi connectivity index (χ4n) is 2.88. The smallest absolute Gasteiger partial charge is 0.234 e. The van der Waals surface area contributed by atoms with Crippen molar-refractivity contribution in [1.29, 1.82) is 0 Å². The van der Waals surface area contributed by atoms with E-state index in [1.807, 2.05) is 12.1 Å². The lowest BCUT2D eigenvalue weighted by molar-refractivity contribution is 0.397. The average Bonchev–Trinajstić information content (AvgIpc) is 2.72. The summed E-state index contributed by atoms with van der Waals surface area (Å²) in [5.74, 6) is 1.74. The maximum Gasteiger partial charge on any atom is 0.234 e. The minimum Gasteiger partial charge on any atom is -0.481 e. The molecule has 142 valence electrons. The van der Waals surface area contributed by atoms with Gasteiger partial charge in [-0.25, -0.2) is 0 Å². The number of ether oxygens (including phenoxy) is 1. The van der Waals surface area contributed by atoms with E-state index < -0.39 is 0 Å². The zero-order valence-corrected chi connectivity index (χ0v) is 16.2. The van der Waals surface area contributed by atoms with E-state index in [1.54, 1.807) is 13.2 Å². The number of aromatic nitrogens is 2. The number of benzene rings is 1. The van der Waals surface area contributed by atoms with Crippen LogP contribution in [0, 0.1) is 0 Å². The molecule has 1 saturated heterocycles. The lowest BCUT2D eigenvalue weighted by atomic mass is 10.2. The third-order valence-corrected chi connectivity index (χ3v) is 4.50. The Morgan fingerprint density at radius 2 is 1.89 bits per heavy atom. The van der Waals surface area contributed by atoms with Crippen molar-refractivity contribution in [1.82, 2.24) is 15.3 Å². The first-order chi connectivity index (χ1) is 13.2. The first-order valence-electron chi connectivity index (χ1n) is 8.83. The number of rotatable bonds is 6. The predicted molar refractivity (Wildman–Crippen MR) is 114 cm³/mol. The molecule has 2 N–H and O–H groups in total. The van der Waals surface area contributed by atoms with Crippen LogP contribution in [-0.4, -0.2) is 54.9 Å². The minimum absolute atomic E-state index is 0.413. The van der Waals surface area contributed by atoms with Crippen LogP contribution in [0.5, 0.6) is 5.88 Å². The van der Waals surface area contributed by atoms with Crippen molar-refractivity contribution in [2.24, 2.45) is 0 Å². The van der Waals surface area contributed by atoms with E-state index in [-0.39, 0.29) is 0 Å². The van der Waals surface area contributed by atoms with Crippen molar-refractivity contribution < 1.29 is 4.74 Å². The number of anilines is 3. The molecular formula is C19H24N6OS. The molecule has 0 bridgehead atoms. The lowest BCUT2D eigenvalue weighted by Gasteiger charge is -2.36.